The fourth-order valence-corrected chi connectivity index (χ4v) is 4.43. The van der Waals surface area contributed by atoms with Crippen molar-refractivity contribution in [3.05, 3.63) is 77.7 Å². The number of anilines is 2. The highest BCUT2D eigenvalue weighted by Gasteiger charge is 2.31. The quantitative estimate of drug-likeness (QED) is 0.644. The molecule has 0 fully saturated rings. The third kappa shape index (κ3) is 4.08. The lowest BCUT2D eigenvalue weighted by molar-refractivity contribution is -0.121. The maximum absolute atomic E-state index is 13.0. The minimum atomic E-state index is -0.271. The van der Waals surface area contributed by atoms with Crippen molar-refractivity contribution in [1.29, 1.82) is 0 Å². The van der Waals surface area contributed by atoms with Gasteiger partial charge in [-0.1, -0.05) is 23.7 Å². The zero-order valence-electron chi connectivity index (χ0n) is 14.8. The first-order chi connectivity index (χ1) is 13.6. The molecule has 142 valence electrons. The summed E-state index contributed by atoms with van der Waals surface area (Å²) in [4.78, 5) is 28.0. The number of thioether (sulfide) groups is 1. The maximum Gasteiger partial charge on any atom is 0.244 e. The minimum absolute atomic E-state index is 0.0656. The predicted molar refractivity (Wildman–Crippen MR) is 111 cm³/mol. The van der Waals surface area contributed by atoms with Gasteiger partial charge in [-0.15, -0.1) is 11.8 Å². The van der Waals surface area contributed by atoms with Crippen molar-refractivity contribution in [1.82, 2.24) is 0 Å². The van der Waals surface area contributed by atoms with Gasteiger partial charge in [0.2, 0.25) is 11.8 Å². The molecule has 1 aliphatic heterocycles. The summed E-state index contributed by atoms with van der Waals surface area (Å²) in [5, 5.41) is 3.27. The lowest BCUT2D eigenvalue weighted by Crippen LogP contribution is -2.38. The number of nitrogens with one attached hydrogen (secondary N) is 1. The van der Waals surface area contributed by atoms with Crippen LogP contribution in [0, 0.1) is 0 Å². The van der Waals surface area contributed by atoms with E-state index in [1.807, 2.05) is 36.4 Å². The molecule has 0 saturated heterocycles. The molecular formula is C21H17ClN2O3S. The largest absolute Gasteiger partial charge is 0.468 e. The molecule has 0 unspecified atom stereocenters. The van der Waals surface area contributed by atoms with E-state index in [2.05, 4.69) is 5.32 Å². The predicted octanol–water partition coefficient (Wildman–Crippen LogP) is 5.14. The molecule has 1 aromatic heterocycles. The SMILES string of the molecule is O=C(CN1C(=O)C[C@H](c2ccco2)Sc2ccccc21)Nc1ccc(Cl)cc1. The number of rotatable bonds is 4. The average molecular weight is 413 g/mol. The third-order valence-electron chi connectivity index (χ3n) is 4.38. The van der Waals surface area contributed by atoms with Crippen molar-refractivity contribution >= 4 is 46.6 Å². The molecule has 7 heteroatoms. The number of furan rings is 1. The van der Waals surface area contributed by atoms with Gasteiger partial charge in [0.25, 0.3) is 0 Å². The Morgan fingerprint density at radius 2 is 1.93 bits per heavy atom. The number of fused-ring (bicyclic) bond motifs is 1. The highest BCUT2D eigenvalue weighted by atomic mass is 35.5. The Morgan fingerprint density at radius 1 is 1.14 bits per heavy atom. The lowest BCUT2D eigenvalue weighted by atomic mass is 10.2. The summed E-state index contributed by atoms with van der Waals surface area (Å²) in [7, 11) is 0. The van der Waals surface area contributed by atoms with Crippen LogP contribution < -0.4 is 10.2 Å². The number of amides is 2. The van der Waals surface area contributed by atoms with E-state index in [4.69, 9.17) is 16.0 Å². The molecule has 1 atom stereocenters. The summed E-state index contributed by atoms with van der Waals surface area (Å²) in [6.45, 7) is -0.0656. The van der Waals surface area contributed by atoms with Crippen LogP contribution >= 0.6 is 23.4 Å². The molecule has 4 rings (SSSR count). The summed E-state index contributed by atoms with van der Waals surface area (Å²) in [5.41, 5.74) is 1.37. The molecule has 2 aromatic carbocycles. The second-order valence-electron chi connectivity index (χ2n) is 6.33. The van der Waals surface area contributed by atoms with Crippen molar-refractivity contribution in [3.8, 4) is 0 Å². The topological polar surface area (TPSA) is 62.6 Å². The van der Waals surface area contributed by atoms with E-state index in [1.54, 1.807) is 42.3 Å². The minimum Gasteiger partial charge on any atom is -0.468 e. The molecule has 5 nitrogen and oxygen atoms in total. The number of benzene rings is 2. The molecule has 0 radical (unpaired) electrons. The standard InChI is InChI=1S/C21H17ClN2O3S/c22-14-7-9-15(10-8-14)23-20(25)13-24-16-4-1-2-6-18(16)28-19(12-21(24)26)17-5-3-11-27-17/h1-11,19H,12-13H2,(H,23,25)/t19-/m1/s1. The van der Waals surface area contributed by atoms with Crippen LogP contribution in [0.2, 0.25) is 5.02 Å². The Hall–Kier alpha value is -2.70. The molecule has 2 heterocycles. The van der Waals surface area contributed by atoms with Gasteiger partial charge >= 0.3 is 0 Å². The van der Waals surface area contributed by atoms with E-state index in [9.17, 15) is 9.59 Å². The van der Waals surface area contributed by atoms with Gasteiger partial charge < -0.3 is 14.6 Å². The second-order valence-corrected chi connectivity index (χ2v) is 8.01. The van der Waals surface area contributed by atoms with Gasteiger partial charge in [-0.2, -0.15) is 0 Å². The van der Waals surface area contributed by atoms with Crippen LogP contribution in [-0.4, -0.2) is 18.4 Å². The van der Waals surface area contributed by atoms with E-state index in [-0.39, 0.29) is 30.0 Å². The van der Waals surface area contributed by atoms with E-state index in [0.29, 0.717) is 10.7 Å². The van der Waals surface area contributed by atoms with Gasteiger partial charge in [-0.3, -0.25) is 9.59 Å². The molecule has 0 bridgehead atoms. The van der Waals surface area contributed by atoms with Crippen LogP contribution in [0.5, 0.6) is 0 Å². The monoisotopic (exact) mass is 412 g/mol. The highest BCUT2D eigenvalue weighted by Crippen LogP contribution is 2.45. The second kappa shape index (κ2) is 8.12. The molecule has 1 N–H and O–H groups in total. The molecule has 0 saturated carbocycles. The van der Waals surface area contributed by atoms with Crippen molar-refractivity contribution in [3.63, 3.8) is 0 Å². The Kier molecular flexibility index (Phi) is 5.41. The van der Waals surface area contributed by atoms with Gasteiger partial charge in [0, 0.05) is 22.0 Å². The van der Waals surface area contributed by atoms with Crippen LogP contribution in [-0.2, 0) is 9.59 Å². The molecule has 1 aliphatic rings. The zero-order valence-corrected chi connectivity index (χ0v) is 16.4. The number of nitrogens with zero attached hydrogens (tertiary/aromatic N) is 1. The summed E-state index contributed by atoms with van der Waals surface area (Å²) in [5.74, 6) is 0.359. The first kappa shape index (κ1) is 18.7. The van der Waals surface area contributed by atoms with E-state index >= 15 is 0 Å². The molecule has 2 amide bonds. The van der Waals surface area contributed by atoms with E-state index < -0.39 is 0 Å². The summed E-state index contributed by atoms with van der Waals surface area (Å²) in [6.07, 6.45) is 1.86. The molecule has 0 aliphatic carbocycles. The molecule has 3 aromatic rings. The molecular weight excluding hydrogens is 396 g/mol. The van der Waals surface area contributed by atoms with Crippen molar-refractivity contribution in [2.24, 2.45) is 0 Å². The van der Waals surface area contributed by atoms with Gasteiger partial charge in [0.05, 0.1) is 17.2 Å². The highest BCUT2D eigenvalue weighted by molar-refractivity contribution is 7.99. The van der Waals surface area contributed by atoms with Crippen LogP contribution in [0.3, 0.4) is 0 Å². The summed E-state index contributed by atoms with van der Waals surface area (Å²) >= 11 is 7.45. The van der Waals surface area contributed by atoms with Gasteiger partial charge in [0.1, 0.15) is 12.3 Å². The Labute approximate surface area is 171 Å². The van der Waals surface area contributed by atoms with Gasteiger partial charge in [-0.25, -0.2) is 0 Å². The number of hydrogen-bond donors (Lipinski definition) is 1. The average Bonchev–Trinajstić information content (AvgIpc) is 3.18. The van der Waals surface area contributed by atoms with Crippen molar-refractivity contribution in [2.45, 2.75) is 16.6 Å². The van der Waals surface area contributed by atoms with Crippen molar-refractivity contribution in [2.75, 3.05) is 16.8 Å². The fraction of sp³-hybridized carbons (Fsp3) is 0.143. The van der Waals surface area contributed by atoms with Gasteiger partial charge in [-0.05, 0) is 48.5 Å². The number of halogens is 1. The first-order valence-corrected chi connectivity index (χ1v) is 10.0. The number of para-hydroxylation sites is 1. The maximum atomic E-state index is 13.0. The van der Waals surface area contributed by atoms with E-state index in [1.165, 1.54) is 4.90 Å². The van der Waals surface area contributed by atoms with Crippen molar-refractivity contribution < 1.29 is 14.0 Å². The Morgan fingerprint density at radius 3 is 2.68 bits per heavy atom. The Bertz CT molecular complexity index is 989. The number of hydrogen-bond acceptors (Lipinski definition) is 4. The number of carbonyl (C=O) groups is 2. The number of carbonyl (C=O) groups excluding carboxylic acids is 2. The van der Waals surface area contributed by atoms with Crippen LogP contribution in [0.1, 0.15) is 17.4 Å². The molecule has 28 heavy (non-hydrogen) atoms. The fourth-order valence-electron chi connectivity index (χ4n) is 3.06. The van der Waals surface area contributed by atoms with Crippen LogP contribution in [0.4, 0.5) is 11.4 Å². The summed E-state index contributed by atoms with van der Waals surface area (Å²) < 4.78 is 5.52. The van der Waals surface area contributed by atoms with E-state index in [0.717, 1.165) is 16.3 Å². The normalized spacial score (nSPS) is 16.4. The summed E-state index contributed by atoms with van der Waals surface area (Å²) in [6, 6.07) is 18.1. The third-order valence-corrected chi connectivity index (χ3v) is 5.91. The lowest BCUT2D eigenvalue weighted by Gasteiger charge is -2.22. The zero-order chi connectivity index (χ0) is 19.5. The van der Waals surface area contributed by atoms with Crippen LogP contribution in [0.25, 0.3) is 0 Å². The first-order valence-electron chi connectivity index (χ1n) is 8.75. The molecule has 0 spiro atoms. The Balaban J connectivity index is 1.56. The smallest absolute Gasteiger partial charge is 0.244 e. The van der Waals surface area contributed by atoms with Crippen LogP contribution in [0.15, 0.2) is 76.2 Å². The van der Waals surface area contributed by atoms with Gasteiger partial charge in [0.15, 0.2) is 0 Å².